The van der Waals surface area contributed by atoms with E-state index in [2.05, 4.69) is 64.1 Å². The molecule has 236 valence electrons. The van der Waals surface area contributed by atoms with Crippen LogP contribution in [0.3, 0.4) is 0 Å². The van der Waals surface area contributed by atoms with Crippen LogP contribution in [0.4, 0.5) is 5.69 Å². The highest BCUT2D eigenvalue weighted by atomic mass is 16.3. The Morgan fingerprint density at radius 2 is 1.34 bits per heavy atom. The number of carbonyl (C=O) groups is 2. The quantitative estimate of drug-likeness (QED) is 0.101. The molecule has 7 rings (SSSR count). The summed E-state index contributed by atoms with van der Waals surface area (Å²) in [6.07, 6.45) is 9.52. The monoisotopic (exact) mass is 622 g/mol. The van der Waals surface area contributed by atoms with Crippen molar-refractivity contribution in [2.24, 2.45) is 0 Å². The van der Waals surface area contributed by atoms with E-state index in [9.17, 15) is 14.7 Å². The topological polar surface area (TPSA) is 107 Å². The van der Waals surface area contributed by atoms with Crippen molar-refractivity contribution in [3.8, 4) is 0 Å². The number of aliphatic hydroxyl groups excluding tert-OH is 1. The third kappa shape index (κ3) is 5.63. The lowest BCUT2D eigenvalue weighted by Crippen LogP contribution is -2.47. The molecule has 1 aliphatic carbocycles. The Morgan fingerprint density at radius 1 is 0.787 bits per heavy atom. The molecule has 5 aromatic rings. The van der Waals surface area contributed by atoms with E-state index >= 15 is 0 Å². The van der Waals surface area contributed by atoms with Gasteiger partial charge in [0.25, 0.3) is 11.8 Å². The first-order chi connectivity index (χ1) is 23.1. The fourth-order valence-electron chi connectivity index (χ4n) is 7.71. The van der Waals surface area contributed by atoms with Gasteiger partial charge in [-0.25, -0.2) is 4.98 Å². The summed E-state index contributed by atoms with van der Waals surface area (Å²) in [5, 5.41) is 17.8. The van der Waals surface area contributed by atoms with Gasteiger partial charge in [0, 0.05) is 17.8 Å². The standard InChI is InChI=1S/C40H38N4O3/c45-37-34(38(46)43-32-23-21-28(22-24-32)27-13-5-1-6-14-27)39(47)44-36(37)35(33-25-41-26-42-33)40(29-15-7-2-8-16-29,30-17-9-3-10-18-30)31-19-11-4-12-20-31/h2-4,7-12,15-27,35-36,45H,1,5-6,13-14H2,(H,41,42)(H,43,46)(H,44,47). The Labute approximate surface area is 274 Å². The number of hydrogen-bond acceptors (Lipinski definition) is 4. The molecule has 4 N–H and O–H groups in total. The van der Waals surface area contributed by atoms with Gasteiger partial charge >= 0.3 is 0 Å². The van der Waals surface area contributed by atoms with E-state index in [-0.39, 0.29) is 11.3 Å². The summed E-state index contributed by atoms with van der Waals surface area (Å²) in [5.41, 5.74) is 4.07. The normalized spacial score (nSPS) is 17.7. The third-order valence-corrected chi connectivity index (χ3v) is 9.86. The van der Waals surface area contributed by atoms with Crippen LogP contribution in [0.25, 0.3) is 0 Å². The SMILES string of the molecule is O=C(Nc1ccc(C2CCCCC2)cc1)C1=C(O)C(C(c2c[nH]cn2)C(c2ccccc2)(c2ccccc2)c2ccccc2)NC1=O. The highest BCUT2D eigenvalue weighted by Gasteiger charge is 2.53. The minimum atomic E-state index is -0.971. The minimum absolute atomic E-state index is 0.296. The Morgan fingerprint density at radius 3 is 1.85 bits per heavy atom. The molecule has 0 radical (unpaired) electrons. The van der Waals surface area contributed by atoms with Gasteiger partial charge in [0.2, 0.25) is 0 Å². The Hall–Kier alpha value is -5.43. The van der Waals surface area contributed by atoms with Crippen molar-refractivity contribution in [2.45, 2.75) is 55.4 Å². The summed E-state index contributed by atoms with van der Waals surface area (Å²) in [4.78, 5) is 35.2. The van der Waals surface area contributed by atoms with Gasteiger partial charge in [-0.1, -0.05) is 122 Å². The van der Waals surface area contributed by atoms with Gasteiger partial charge in [0.1, 0.15) is 11.3 Å². The van der Waals surface area contributed by atoms with Crippen LogP contribution < -0.4 is 10.6 Å². The number of anilines is 1. The van der Waals surface area contributed by atoms with E-state index in [1.807, 2.05) is 66.7 Å². The van der Waals surface area contributed by atoms with Gasteiger partial charge in [-0.05, 0) is 53.1 Å². The number of nitrogens with one attached hydrogen (secondary N) is 3. The summed E-state index contributed by atoms with van der Waals surface area (Å²) < 4.78 is 0. The second-order valence-electron chi connectivity index (χ2n) is 12.5. The molecule has 1 aromatic heterocycles. The highest BCUT2D eigenvalue weighted by molar-refractivity contribution is 6.24. The Kier molecular flexibility index (Phi) is 8.44. The van der Waals surface area contributed by atoms with Gasteiger partial charge in [0.15, 0.2) is 0 Å². The highest BCUT2D eigenvalue weighted by Crippen LogP contribution is 2.52. The molecule has 1 aliphatic heterocycles. The van der Waals surface area contributed by atoms with Gasteiger partial charge in [-0.3, -0.25) is 9.59 Å². The Balaban J connectivity index is 1.32. The van der Waals surface area contributed by atoms with Gasteiger partial charge < -0.3 is 20.7 Å². The number of rotatable bonds is 9. The van der Waals surface area contributed by atoms with Crippen molar-refractivity contribution >= 4 is 17.5 Å². The van der Waals surface area contributed by atoms with E-state index < -0.39 is 29.2 Å². The average molecular weight is 623 g/mol. The number of benzene rings is 4. The Bertz CT molecular complexity index is 1750. The van der Waals surface area contributed by atoms with E-state index in [0.717, 1.165) is 16.7 Å². The molecular formula is C40H38N4O3. The van der Waals surface area contributed by atoms with Crippen LogP contribution >= 0.6 is 0 Å². The number of aliphatic hydroxyl groups is 1. The third-order valence-electron chi connectivity index (χ3n) is 9.86. The first-order valence-corrected chi connectivity index (χ1v) is 16.4. The lowest BCUT2D eigenvalue weighted by Gasteiger charge is -2.44. The van der Waals surface area contributed by atoms with Crippen molar-refractivity contribution in [3.05, 3.63) is 167 Å². The molecule has 2 amide bonds. The van der Waals surface area contributed by atoms with Crippen molar-refractivity contribution in [2.75, 3.05) is 5.32 Å². The fraction of sp³-hybridized carbons (Fsp3) is 0.225. The zero-order valence-electron chi connectivity index (χ0n) is 26.1. The molecule has 0 saturated heterocycles. The van der Waals surface area contributed by atoms with Crippen molar-refractivity contribution in [3.63, 3.8) is 0 Å². The summed E-state index contributed by atoms with van der Waals surface area (Å²) in [6, 6.07) is 37.0. The maximum Gasteiger partial charge on any atom is 0.264 e. The number of aromatic nitrogens is 2. The second kappa shape index (κ2) is 13.1. The molecule has 7 nitrogen and oxygen atoms in total. The average Bonchev–Trinajstić information content (AvgIpc) is 3.76. The number of imidazole rings is 1. The van der Waals surface area contributed by atoms with Gasteiger partial charge in [0.05, 0.1) is 23.5 Å². The van der Waals surface area contributed by atoms with Crippen LogP contribution in [0.2, 0.25) is 0 Å². The van der Waals surface area contributed by atoms with E-state index in [1.54, 1.807) is 12.5 Å². The van der Waals surface area contributed by atoms with Gasteiger partial charge in [-0.15, -0.1) is 0 Å². The second-order valence-corrected chi connectivity index (χ2v) is 12.5. The van der Waals surface area contributed by atoms with E-state index in [0.29, 0.717) is 17.3 Å². The zero-order chi connectivity index (χ0) is 32.2. The number of nitrogens with zero attached hydrogens (tertiary/aromatic N) is 1. The van der Waals surface area contributed by atoms with E-state index in [4.69, 9.17) is 4.98 Å². The molecular weight excluding hydrogens is 584 g/mol. The lowest BCUT2D eigenvalue weighted by molar-refractivity contribution is -0.120. The number of hydrogen-bond donors (Lipinski definition) is 4. The fourth-order valence-corrected chi connectivity index (χ4v) is 7.71. The maximum atomic E-state index is 13.7. The molecule has 2 atom stereocenters. The molecule has 4 aromatic carbocycles. The van der Waals surface area contributed by atoms with Crippen LogP contribution in [-0.4, -0.2) is 32.9 Å². The van der Waals surface area contributed by atoms with Crippen LogP contribution in [0.1, 0.15) is 71.9 Å². The molecule has 0 bridgehead atoms. The predicted octanol–water partition coefficient (Wildman–Crippen LogP) is 7.52. The molecule has 2 unspecified atom stereocenters. The van der Waals surface area contributed by atoms with Crippen LogP contribution in [0, 0.1) is 0 Å². The number of aromatic amines is 1. The summed E-state index contributed by atoms with van der Waals surface area (Å²) in [5.74, 6) is -1.72. The van der Waals surface area contributed by atoms with Crippen molar-refractivity contribution in [1.82, 2.24) is 15.3 Å². The van der Waals surface area contributed by atoms with Crippen molar-refractivity contribution < 1.29 is 14.7 Å². The smallest absolute Gasteiger partial charge is 0.264 e. The molecule has 0 spiro atoms. The summed E-state index contributed by atoms with van der Waals surface area (Å²) in [7, 11) is 0. The molecule has 2 heterocycles. The minimum Gasteiger partial charge on any atom is -0.509 e. The zero-order valence-corrected chi connectivity index (χ0v) is 26.1. The molecule has 1 fully saturated rings. The molecule has 1 saturated carbocycles. The van der Waals surface area contributed by atoms with Crippen molar-refractivity contribution in [1.29, 1.82) is 0 Å². The van der Waals surface area contributed by atoms with Crippen LogP contribution in [0.15, 0.2) is 139 Å². The number of amides is 2. The lowest BCUT2D eigenvalue weighted by atomic mass is 9.58. The first-order valence-electron chi connectivity index (χ1n) is 16.4. The number of H-pyrrole nitrogens is 1. The predicted molar refractivity (Wildman–Crippen MR) is 183 cm³/mol. The summed E-state index contributed by atoms with van der Waals surface area (Å²) >= 11 is 0. The first kappa shape index (κ1) is 30.2. The maximum absolute atomic E-state index is 13.7. The molecule has 7 heteroatoms. The number of carbonyl (C=O) groups excluding carboxylic acids is 2. The van der Waals surface area contributed by atoms with Crippen LogP contribution in [-0.2, 0) is 15.0 Å². The largest absolute Gasteiger partial charge is 0.509 e. The van der Waals surface area contributed by atoms with Crippen LogP contribution in [0.5, 0.6) is 0 Å². The molecule has 47 heavy (non-hydrogen) atoms. The van der Waals surface area contributed by atoms with E-state index in [1.165, 1.54) is 37.7 Å². The molecule has 2 aliphatic rings. The van der Waals surface area contributed by atoms with Gasteiger partial charge in [-0.2, -0.15) is 0 Å². The summed E-state index contributed by atoms with van der Waals surface area (Å²) in [6.45, 7) is 0.